The average molecular weight is 452 g/mol. The lowest BCUT2D eigenvalue weighted by Crippen LogP contribution is -2.36. The summed E-state index contributed by atoms with van der Waals surface area (Å²) in [5.41, 5.74) is 1.57. The van der Waals surface area contributed by atoms with Crippen LogP contribution in [0.25, 0.3) is 0 Å². The van der Waals surface area contributed by atoms with Crippen molar-refractivity contribution in [3.8, 4) is 11.5 Å². The maximum atomic E-state index is 13.5. The number of aromatic nitrogens is 2. The lowest BCUT2D eigenvalue weighted by molar-refractivity contribution is -0.116. The molecule has 0 saturated heterocycles. The molecule has 3 aromatic rings. The molecule has 164 valence electrons. The van der Waals surface area contributed by atoms with Crippen LogP contribution in [0.1, 0.15) is 40.7 Å². The molecule has 3 heterocycles. The van der Waals surface area contributed by atoms with Crippen LogP contribution in [-0.4, -0.2) is 30.0 Å². The summed E-state index contributed by atoms with van der Waals surface area (Å²) in [6, 6.07) is 9.46. The highest BCUT2D eigenvalue weighted by Gasteiger charge is 2.40. The van der Waals surface area contributed by atoms with E-state index >= 15 is 0 Å². The van der Waals surface area contributed by atoms with Crippen LogP contribution in [0.2, 0.25) is 0 Å². The second-order valence-electron chi connectivity index (χ2n) is 7.81. The number of carbonyl (C=O) groups excluding carboxylic acids is 1. The number of nitrogens with one attached hydrogen (secondary N) is 3. The normalized spacial score (nSPS) is 19.8. The summed E-state index contributed by atoms with van der Waals surface area (Å²) in [4.78, 5) is 44.0. The number of carbonyl (C=O) groups is 1. The van der Waals surface area contributed by atoms with Crippen LogP contribution in [0.4, 0.5) is 5.82 Å². The van der Waals surface area contributed by atoms with E-state index in [0.717, 1.165) is 16.1 Å². The van der Waals surface area contributed by atoms with Crippen LogP contribution in [0.3, 0.4) is 0 Å². The smallest absolute Gasteiger partial charge is 0.327 e. The predicted octanol–water partition coefficient (Wildman–Crippen LogP) is 3.10. The number of ether oxygens (including phenoxy) is 2. The van der Waals surface area contributed by atoms with Gasteiger partial charge in [0.25, 0.3) is 5.56 Å². The van der Waals surface area contributed by atoms with Gasteiger partial charge in [-0.3, -0.25) is 19.6 Å². The predicted molar refractivity (Wildman–Crippen MR) is 121 cm³/mol. The van der Waals surface area contributed by atoms with Gasteiger partial charge in [-0.1, -0.05) is 12.1 Å². The fraction of sp³-hybridized carbons (Fsp3) is 0.261. The SMILES string of the molecule is COc1ccc([C@H]2CC(=O)C3=C(C2)Nc2[nH]c(=O)[nH]c(=O)c2[C@@H]3c2cccs2)cc1OC. The van der Waals surface area contributed by atoms with Crippen molar-refractivity contribution in [1.29, 1.82) is 0 Å². The van der Waals surface area contributed by atoms with Crippen molar-refractivity contribution in [2.24, 2.45) is 0 Å². The van der Waals surface area contributed by atoms with Crippen molar-refractivity contribution in [2.45, 2.75) is 24.7 Å². The number of H-pyrrole nitrogens is 2. The molecule has 5 rings (SSSR count). The van der Waals surface area contributed by atoms with Gasteiger partial charge in [0.05, 0.1) is 25.7 Å². The van der Waals surface area contributed by atoms with Crippen LogP contribution in [0.5, 0.6) is 11.5 Å². The number of ketones is 1. The number of hydrogen-bond donors (Lipinski definition) is 3. The third-order valence-corrected chi connectivity index (χ3v) is 6.98. The van der Waals surface area contributed by atoms with Crippen molar-refractivity contribution in [3.63, 3.8) is 0 Å². The number of benzene rings is 1. The molecule has 0 unspecified atom stereocenters. The summed E-state index contributed by atoms with van der Waals surface area (Å²) in [5.74, 6) is 0.961. The van der Waals surface area contributed by atoms with Crippen LogP contribution in [-0.2, 0) is 4.79 Å². The minimum atomic E-state index is -0.589. The van der Waals surface area contributed by atoms with Gasteiger partial charge in [-0.25, -0.2) is 4.79 Å². The highest BCUT2D eigenvalue weighted by molar-refractivity contribution is 7.10. The Balaban J connectivity index is 1.61. The minimum Gasteiger partial charge on any atom is -0.493 e. The Morgan fingerprint density at radius 1 is 1.00 bits per heavy atom. The quantitative estimate of drug-likeness (QED) is 0.562. The van der Waals surface area contributed by atoms with E-state index in [2.05, 4.69) is 15.3 Å². The standard InChI is InChI=1S/C23H21N3O5S/c1-30-15-6-5-11(10-16(15)31-2)12-8-13-18(14(27)9-12)19(17-4-3-7-32-17)20-21(24-13)25-23(29)26-22(20)28/h3-7,10,12,19H,8-9H2,1-2H3,(H3,24,25,26,28,29)/t12-,19-/m1/s1. The van der Waals surface area contributed by atoms with Gasteiger partial charge in [-0.2, -0.15) is 0 Å². The topological polar surface area (TPSA) is 113 Å². The van der Waals surface area contributed by atoms with E-state index in [1.807, 2.05) is 35.7 Å². The lowest BCUT2D eigenvalue weighted by Gasteiger charge is -2.35. The zero-order chi connectivity index (χ0) is 22.4. The number of methoxy groups -OCH3 is 2. The highest BCUT2D eigenvalue weighted by atomic mass is 32.1. The molecule has 0 saturated carbocycles. The number of Topliss-reactive ketones (excluding diaryl/α,β-unsaturated/α-hetero) is 1. The number of thiophene rings is 1. The monoisotopic (exact) mass is 451 g/mol. The summed E-state index contributed by atoms with van der Waals surface area (Å²) in [6.07, 6.45) is 0.876. The highest BCUT2D eigenvalue weighted by Crippen LogP contribution is 2.47. The van der Waals surface area contributed by atoms with Crippen LogP contribution < -0.4 is 26.0 Å². The van der Waals surface area contributed by atoms with E-state index in [-0.39, 0.29) is 11.7 Å². The first-order valence-corrected chi connectivity index (χ1v) is 11.0. The minimum absolute atomic E-state index is 0.0202. The van der Waals surface area contributed by atoms with Gasteiger partial charge >= 0.3 is 5.69 Å². The Hall–Kier alpha value is -3.59. The summed E-state index contributed by atoms with van der Waals surface area (Å²) in [5, 5.41) is 5.10. The van der Waals surface area contributed by atoms with Crippen molar-refractivity contribution in [3.05, 3.63) is 83.8 Å². The molecule has 1 aromatic carbocycles. The summed E-state index contributed by atoms with van der Waals surface area (Å²) >= 11 is 1.48. The summed E-state index contributed by atoms with van der Waals surface area (Å²) in [7, 11) is 3.16. The molecule has 9 heteroatoms. The van der Waals surface area contributed by atoms with Crippen molar-refractivity contribution >= 4 is 22.9 Å². The Labute approximate surface area is 186 Å². The van der Waals surface area contributed by atoms with E-state index in [0.29, 0.717) is 41.3 Å². The molecule has 8 nitrogen and oxygen atoms in total. The molecule has 2 atom stereocenters. The second kappa shape index (κ2) is 7.83. The average Bonchev–Trinajstić information content (AvgIpc) is 3.31. The van der Waals surface area contributed by atoms with Crippen LogP contribution >= 0.6 is 11.3 Å². The number of allylic oxidation sites excluding steroid dienone is 2. The van der Waals surface area contributed by atoms with Crippen LogP contribution in [0, 0.1) is 0 Å². The Morgan fingerprint density at radius 3 is 2.53 bits per heavy atom. The number of rotatable bonds is 4. The molecule has 32 heavy (non-hydrogen) atoms. The molecule has 0 fully saturated rings. The number of aromatic amines is 2. The molecular weight excluding hydrogens is 430 g/mol. The molecule has 0 amide bonds. The van der Waals surface area contributed by atoms with E-state index < -0.39 is 17.2 Å². The summed E-state index contributed by atoms with van der Waals surface area (Å²) < 4.78 is 10.7. The molecule has 0 radical (unpaired) electrons. The summed E-state index contributed by atoms with van der Waals surface area (Å²) in [6.45, 7) is 0. The van der Waals surface area contributed by atoms with E-state index in [9.17, 15) is 14.4 Å². The lowest BCUT2D eigenvalue weighted by atomic mass is 9.74. The van der Waals surface area contributed by atoms with Crippen molar-refractivity contribution in [1.82, 2.24) is 9.97 Å². The number of anilines is 1. The van der Waals surface area contributed by atoms with E-state index in [4.69, 9.17) is 9.47 Å². The molecule has 2 aliphatic rings. The molecule has 1 aliphatic heterocycles. The van der Waals surface area contributed by atoms with Crippen molar-refractivity contribution < 1.29 is 14.3 Å². The zero-order valence-electron chi connectivity index (χ0n) is 17.5. The number of hydrogen-bond acceptors (Lipinski definition) is 7. The maximum absolute atomic E-state index is 13.5. The van der Waals surface area contributed by atoms with E-state index in [1.165, 1.54) is 11.3 Å². The third-order valence-electron chi connectivity index (χ3n) is 6.05. The molecule has 1 aliphatic carbocycles. The Bertz CT molecular complexity index is 1350. The molecule has 3 N–H and O–H groups in total. The van der Waals surface area contributed by atoms with Gasteiger partial charge < -0.3 is 14.8 Å². The Kier molecular flexibility index (Phi) is 4.97. The second-order valence-corrected chi connectivity index (χ2v) is 8.78. The van der Waals surface area contributed by atoms with Gasteiger partial charge in [0.2, 0.25) is 0 Å². The van der Waals surface area contributed by atoms with Gasteiger partial charge in [0.15, 0.2) is 17.3 Å². The van der Waals surface area contributed by atoms with Gasteiger partial charge in [-0.05, 0) is 41.5 Å². The Morgan fingerprint density at radius 2 is 1.81 bits per heavy atom. The van der Waals surface area contributed by atoms with Gasteiger partial charge in [0.1, 0.15) is 5.82 Å². The van der Waals surface area contributed by atoms with Crippen molar-refractivity contribution in [2.75, 3.05) is 19.5 Å². The van der Waals surface area contributed by atoms with Gasteiger partial charge in [0, 0.05) is 22.6 Å². The maximum Gasteiger partial charge on any atom is 0.327 e. The largest absolute Gasteiger partial charge is 0.493 e. The molecular formula is C23H21N3O5S. The molecule has 0 spiro atoms. The first-order valence-electron chi connectivity index (χ1n) is 10.1. The molecule has 0 bridgehead atoms. The third kappa shape index (κ3) is 3.25. The zero-order valence-corrected chi connectivity index (χ0v) is 18.3. The molecule has 2 aromatic heterocycles. The van der Waals surface area contributed by atoms with Gasteiger partial charge in [-0.15, -0.1) is 11.3 Å². The fourth-order valence-corrected chi connectivity index (χ4v) is 5.48. The fourth-order valence-electron chi connectivity index (χ4n) is 4.63. The first-order chi connectivity index (χ1) is 15.5. The van der Waals surface area contributed by atoms with E-state index in [1.54, 1.807) is 14.2 Å². The van der Waals surface area contributed by atoms with Crippen LogP contribution in [0.15, 0.2) is 56.6 Å². The first kappa shape index (κ1) is 20.3. The number of fused-ring (bicyclic) bond motifs is 1.